The molecule has 9 heteroatoms. The molecule has 0 spiro atoms. The Kier molecular flexibility index (Phi) is 6.59. The Bertz CT molecular complexity index is 1010. The third kappa shape index (κ3) is 4.75. The fraction of sp³-hybridized carbons (Fsp3) is 0.500. The summed E-state index contributed by atoms with van der Waals surface area (Å²) in [5, 5.41) is 0. The minimum absolute atomic E-state index is 0.0680. The molecule has 0 unspecified atom stereocenters. The molecule has 1 atom stereocenters. The van der Waals surface area contributed by atoms with Crippen molar-refractivity contribution in [3.05, 3.63) is 46.7 Å². The van der Waals surface area contributed by atoms with E-state index in [9.17, 15) is 9.59 Å². The number of hydrogen-bond acceptors (Lipinski definition) is 6. The van der Waals surface area contributed by atoms with Gasteiger partial charge in [0.15, 0.2) is 0 Å². The number of halogens is 1. The van der Waals surface area contributed by atoms with Crippen molar-refractivity contribution in [3.8, 4) is 0 Å². The highest BCUT2D eigenvalue weighted by Gasteiger charge is 2.41. The smallest absolute Gasteiger partial charge is 0.249 e. The highest BCUT2D eigenvalue weighted by Crippen LogP contribution is 2.34. The number of anilines is 2. The minimum atomic E-state index is -0.322. The van der Waals surface area contributed by atoms with Crippen molar-refractivity contribution in [1.29, 1.82) is 0 Å². The standard InChI is InChI=1S/C24H29BrN6O2/c25-19-4-5-20-18(16-19)17-31-21(6-7-22(31)32)23(33)30(20)11-2-1-10-28-12-14-29(15-13-28)24-26-8-3-9-27-24/h3-5,8-9,16,21H,1-2,6-7,10-15,17H2/t21-/m0/s1. The number of fused-ring (bicyclic) bond motifs is 2. The molecule has 3 aliphatic heterocycles. The van der Waals surface area contributed by atoms with Gasteiger partial charge in [0.2, 0.25) is 17.8 Å². The Hall–Kier alpha value is -2.52. The summed E-state index contributed by atoms with van der Waals surface area (Å²) in [6.45, 7) is 6.07. The lowest BCUT2D eigenvalue weighted by atomic mass is 10.1. The van der Waals surface area contributed by atoms with Gasteiger partial charge in [-0.25, -0.2) is 9.97 Å². The van der Waals surface area contributed by atoms with E-state index in [1.807, 2.05) is 29.2 Å². The molecule has 2 fully saturated rings. The minimum Gasteiger partial charge on any atom is -0.338 e. The molecule has 8 nitrogen and oxygen atoms in total. The second kappa shape index (κ2) is 9.77. The summed E-state index contributed by atoms with van der Waals surface area (Å²) in [7, 11) is 0. The third-order valence-corrected chi connectivity index (χ3v) is 7.36. The molecule has 2 saturated heterocycles. The van der Waals surface area contributed by atoms with Gasteiger partial charge in [-0.2, -0.15) is 0 Å². The number of aromatic nitrogens is 2. The molecule has 0 N–H and O–H groups in total. The molecule has 174 valence electrons. The summed E-state index contributed by atoms with van der Waals surface area (Å²) in [6, 6.07) is 7.55. The van der Waals surface area contributed by atoms with Gasteiger partial charge in [-0.1, -0.05) is 15.9 Å². The monoisotopic (exact) mass is 512 g/mol. The summed E-state index contributed by atoms with van der Waals surface area (Å²) < 4.78 is 0.971. The van der Waals surface area contributed by atoms with Crippen molar-refractivity contribution in [2.75, 3.05) is 49.1 Å². The van der Waals surface area contributed by atoms with Crippen LogP contribution in [0.15, 0.2) is 41.1 Å². The van der Waals surface area contributed by atoms with Crippen LogP contribution >= 0.6 is 15.9 Å². The fourth-order valence-electron chi connectivity index (χ4n) is 5.08. The van der Waals surface area contributed by atoms with Crippen molar-refractivity contribution >= 4 is 39.4 Å². The van der Waals surface area contributed by atoms with Crippen LogP contribution in [0.2, 0.25) is 0 Å². The van der Waals surface area contributed by atoms with Crippen LogP contribution in [-0.4, -0.2) is 76.9 Å². The van der Waals surface area contributed by atoms with Crippen LogP contribution in [0.5, 0.6) is 0 Å². The van der Waals surface area contributed by atoms with Crippen molar-refractivity contribution in [1.82, 2.24) is 19.8 Å². The van der Waals surface area contributed by atoms with Crippen LogP contribution in [0.25, 0.3) is 0 Å². The van der Waals surface area contributed by atoms with Gasteiger partial charge in [0.05, 0.1) is 0 Å². The molecule has 2 aromatic rings. The summed E-state index contributed by atoms with van der Waals surface area (Å²) in [5.41, 5.74) is 1.98. The number of nitrogens with zero attached hydrogens (tertiary/aromatic N) is 6. The third-order valence-electron chi connectivity index (χ3n) is 6.87. The van der Waals surface area contributed by atoms with Crippen LogP contribution in [-0.2, 0) is 16.1 Å². The van der Waals surface area contributed by atoms with E-state index in [4.69, 9.17) is 0 Å². The van der Waals surface area contributed by atoms with E-state index >= 15 is 0 Å². The predicted octanol–water partition coefficient (Wildman–Crippen LogP) is 2.68. The fourth-order valence-corrected chi connectivity index (χ4v) is 5.49. The van der Waals surface area contributed by atoms with Gasteiger partial charge < -0.3 is 14.7 Å². The first-order chi connectivity index (χ1) is 16.1. The number of carbonyl (C=O) groups excluding carboxylic acids is 2. The Morgan fingerprint density at radius 1 is 1.00 bits per heavy atom. The molecule has 2 amide bonds. The van der Waals surface area contributed by atoms with Gasteiger partial charge in [0.1, 0.15) is 6.04 Å². The zero-order valence-electron chi connectivity index (χ0n) is 18.7. The highest BCUT2D eigenvalue weighted by molar-refractivity contribution is 9.10. The SMILES string of the molecule is O=C1[C@@H]2CCC(=O)N2Cc2cc(Br)ccc2N1CCCCN1CCN(c2ncccn2)CC1. The van der Waals surface area contributed by atoms with E-state index in [-0.39, 0.29) is 17.9 Å². The number of amides is 2. The molecule has 0 bridgehead atoms. The topological polar surface area (TPSA) is 72.9 Å². The van der Waals surface area contributed by atoms with E-state index in [1.165, 1.54) is 0 Å². The lowest BCUT2D eigenvalue weighted by Gasteiger charge is -2.34. The Labute approximate surface area is 202 Å². The van der Waals surface area contributed by atoms with Gasteiger partial charge >= 0.3 is 0 Å². The summed E-state index contributed by atoms with van der Waals surface area (Å²) >= 11 is 3.54. The van der Waals surface area contributed by atoms with Gasteiger partial charge in [-0.3, -0.25) is 14.5 Å². The number of piperazine rings is 1. The lowest BCUT2D eigenvalue weighted by molar-refractivity contribution is -0.134. The Balaban J connectivity index is 1.17. The van der Waals surface area contributed by atoms with E-state index < -0.39 is 0 Å². The molecular formula is C24H29BrN6O2. The lowest BCUT2D eigenvalue weighted by Crippen LogP contribution is -2.47. The van der Waals surface area contributed by atoms with Crippen LogP contribution in [0.4, 0.5) is 11.6 Å². The number of unbranched alkanes of at least 4 members (excludes halogenated alkanes) is 1. The molecule has 4 heterocycles. The molecule has 0 saturated carbocycles. The number of rotatable bonds is 6. The van der Waals surface area contributed by atoms with Crippen molar-refractivity contribution < 1.29 is 9.59 Å². The van der Waals surface area contributed by atoms with Gasteiger partial charge in [-0.05, 0) is 55.6 Å². The molecule has 0 radical (unpaired) electrons. The molecule has 1 aromatic carbocycles. The Morgan fingerprint density at radius 3 is 2.55 bits per heavy atom. The number of hydrogen-bond donors (Lipinski definition) is 0. The average molecular weight is 513 g/mol. The van der Waals surface area contributed by atoms with Crippen LogP contribution in [0, 0.1) is 0 Å². The van der Waals surface area contributed by atoms with E-state index in [0.29, 0.717) is 25.9 Å². The second-order valence-electron chi connectivity index (χ2n) is 8.92. The van der Waals surface area contributed by atoms with E-state index in [2.05, 4.69) is 35.7 Å². The Morgan fingerprint density at radius 2 is 1.76 bits per heavy atom. The molecule has 1 aromatic heterocycles. The van der Waals surface area contributed by atoms with Crippen LogP contribution < -0.4 is 9.80 Å². The number of benzene rings is 1. The van der Waals surface area contributed by atoms with E-state index in [0.717, 1.165) is 67.2 Å². The highest BCUT2D eigenvalue weighted by atomic mass is 79.9. The van der Waals surface area contributed by atoms with Crippen molar-refractivity contribution in [3.63, 3.8) is 0 Å². The maximum absolute atomic E-state index is 13.4. The second-order valence-corrected chi connectivity index (χ2v) is 9.84. The van der Waals surface area contributed by atoms with Gasteiger partial charge in [-0.15, -0.1) is 0 Å². The summed E-state index contributed by atoms with van der Waals surface area (Å²) in [6.07, 6.45) is 6.63. The first-order valence-electron chi connectivity index (χ1n) is 11.7. The number of carbonyl (C=O) groups is 2. The quantitative estimate of drug-likeness (QED) is 0.554. The molecule has 0 aliphatic carbocycles. The van der Waals surface area contributed by atoms with Crippen LogP contribution in [0.3, 0.4) is 0 Å². The average Bonchev–Trinajstić information content (AvgIpc) is 3.15. The largest absolute Gasteiger partial charge is 0.338 e. The summed E-state index contributed by atoms with van der Waals surface area (Å²) in [5.74, 6) is 0.959. The zero-order valence-corrected chi connectivity index (χ0v) is 20.3. The predicted molar refractivity (Wildman–Crippen MR) is 130 cm³/mol. The molecule has 33 heavy (non-hydrogen) atoms. The summed E-state index contributed by atoms with van der Waals surface area (Å²) in [4.78, 5) is 42.9. The molecule has 5 rings (SSSR count). The first kappa shape index (κ1) is 22.3. The van der Waals surface area contributed by atoms with Crippen molar-refractivity contribution in [2.24, 2.45) is 0 Å². The normalized spacial score (nSPS) is 21.2. The maximum atomic E-state index is 13.4. The molecule has 3 aliphatic rings. The van der Waals surface area contributed by atoms with Gasteiger partial charge in [0.25, 0.3) is 0 Å². The first-order valence-corrected chi connectivity index (χ1v) is 12.5. The molecular weight excluding hydrogens is 484 g/mol. The maximum Gasteiger partial charge on any atom is 0.249 e. The van der Waals surface area contributed by atoms with E-state index in [1.54, 1.807) is 17.3 Å². The zero-order chi connectivity index (χ0) is 22.8. The van der Waals surface area contributed by atoms with Gasteiger partial charge in [0, 0.05) is 68.2 Å². The van der Waals surface area contributed by atoms with Crippen LogP contribution in [0.1, 0.15) is 31.2 Å². The van der Waals surface area contributed by atoms with Crippen molar-refractivity contribution in [2.45, 2.75) is 38.3 Å².